The van der Waals surface area contributed by atoms with Crippen molar-refractivity contribution in [1.29, 1.82) is 0 Å². The van der Waals surface area contributed by atoms with Crippen molar-refractivity contribution in [3.05, 3.63) is 82.8 Å². The minimum Gasteiger partial charge on any atom is -0.398 e. The van der Waals surface area contributed by atoms with Gasteiger partial charge >= 0.3 is 0 Å². The number of amidine groups is 1. The van der Waals surface area contributed by atoms with Gasteiger partial charge in [-0.3, -0.25) is 4.98 Å². The third-order valence-corrected chi connectivity index (χ3v) is 4.31. The van der Waals surface area contributed by atoms with Gasteiger partial charge in [-0.2, -0.15) is 0 Å². The van der Waals surface area contributed by atoms with E-state index in [1.807, 2.05) is 47.8 Å². The lowest BCUT2D eigenvalue weighted by Gasteiger charge is -2.10. The Morgan fingerprint density at radius 3 is 2.61 bits per heavy atom. The van der Waals surface area contributed by atoms with Crippen LogP contribution in [0.4, 0.5) is 11.4 Å². The van der Waals surface area contributed by atoms with Crippen molar-refractivity contribution < 1.29 is 0 Å². The second-order valence-corrected chi connectivity index (χ2v) is 5.91. The molecule has 0 amide bonds. The first-order valence-electron chi connectivity index (χ1n) is 7.02. The van der Waals surface area contributed by atoms with E-state index in [2.05, 4.69) is 16.6 Å². The van der Waals surface area contributed by atoms with Crippen LogP contribution in [0.25, 0.3) is 5.57 Å². The van der Waals surface area contributed by atoms with Gasteiger partial charge in [0.25, 0.3) is 0 Å². The Kier molecular flexibility index (Phi) is 4.21. The average molecular weight is 320 g/mol. The largest absolute Gasteiger partial charge is 0.398 e. The molecule has 0 radical (unpaired) electrons. The summed E-state index contributed by atoms with van der Waals surface area (Å²) in [5, 5.41) is 1.97. The third-order valence-electron chi connectivity index (χ3n) is 3.41. The number of aliphatic imine (C=N–C) groups is 1. The van der Waals surface area contributed by atoms with Crippen molar-refractivity contribution >= 4 is 34.1 Å². The van der Waals surface area contributed by atoms with E-state index in [1.165, 1.54) is 0 Å². The summed E-state index contributed by atoms with van der Waals surface area (Å²) in [5.74, 6) is 0.491. The summed E-state index contributed by atoms with van der Waals surface area (Å²) >= 11 is 1.56. The number of thiophene rings is 1. The van der Waals surface area contributed by atoms with Crippen molar-refractivity contribution in [2.45, 2.75) is 0 Å². The Morgan fingerprint density at radius 1 is 1.13 bits per heavy atom. The highest BCUT2D eigenvalue weighted by Gasteiger charge is 2.08. The van der Waals surface area contributed by atoms with Crippen LogP contribution in [0.15, 0.2) is 71.8 Å². The first-order chi connectivity index (χ1) is 11.1. The van der Waals surface area contributed by atoms with Crippen molar-refractivity contribution in [3.8, 4) is 0 Å². The number of pyridine rings is 1. The molecule has 0 aliphatic rings. The van der Waals surface area contributed by atoms with E-state index in [0.29, 0.717) is 11.5 Å². The zero-order valence-corrected chi connectivity index (χ0v) is 13.3. The van der Waals surface area contributed by atoms with Gasteiger partial charge in [0, 0.05) is 23.6 Å². The van der Waals surface area contributed by atoms with Crippen LogP contribution in [-0.2, 0) is 0 Å². The van der Waals surface area contributed by atoms with Gasteiger partial charge in [-0.05, 0) is 52.9 Å². The van der Waals surface area contributed by atoms with Crippen LogP contribution in [0.3, 0.4) is 0 Å². The van der Waals surface area contributed by atoms with Gasteiger partial charge in [0.1, 0.15) is 5.84 Å². The number of anilines is 1. The standard InChI is InChI=1S/C18H16N4S/c1-12(13-6-8-21-9-7-13)15-11-14(4-5-16(15)19)22-18(20)17-3-2-10-23-17/h2-11H,1,19H2,(H2,20,22). The first kappa shape index (κ1) is 15.0. The normalized spacial score (nSPS) is 11.4. The van der Waals surface area contributed by atoms with Gasteiger partial charge in [0.2, 0.25) is 0 Å². The quantitative estimate of drug-likeness (QED) is 0.436. The molecule has 2 aromatic heterocycles. The fraction of sp³-hybridized carbons (Fsp3) is 0. The molecule has 4 N–H and O–H groups in total. The Bertz CT molecular complexity index is 852. The molecule has 0 fully saturated rings. The molecule has 0 atom stereocenters. The number of aromatic nitrogens is 1. The molecule has 3 aromatic rings. The van der Waals surface area contributed by atoms with Gasteiger partial charge < -0.3 is 11.5 Å². The van der Waals surface area contributed by atoms with Crippen LogP contribution in [0, 0.1) is 0 Å². The van der Waals surface area contributed by atoms with Gasteiger partial charge in [-0.15, -0.1) is 11.3 Å². The molecular formula is C18H16N4S. The van der Waals surface area contributed by atoms with Crippen LogP contribution >= 0.6 is 11.3 Å². The molecule has 5 heteroatoms. The molecule has 1 aromatic carbocycles. The Labute approximate surface area is 138 Å². The van der Waals surface area contributed by atoms with Crippen LogP contribution < -0.4 is 11.5 Å². The number of benzene rings is 1. The van der Waals surface area contributed by atoms with Gasteiger partial charge in [0.15, 0.2) is 0 Å². The first-order valence-corrected chi connectivity index (χ1v) is 7.90. The summed E-state index contributed by atoms with van der Waals surface area (Å²) in [7, 11) is 0. The number of nitrogens with two attached hydrogens (primary N) is 2. The SMILES string of the molecule is C=C(c1ccncc1)c1cc(N=C(N)c2cccs2)ccc1N. The average Bonchev–Trinajstić information content (AvgIpc) is 3.11. The summed E-state index contributed by atoms with van der Waals surface area (Å²) in [6.07, 6.45) is 3.46. The van der Waals surface area contributed by atoms with Crippen LogP contribution in [0.1, 0.15) is 16.0 Å². The van der Waals surface area contributed by atoms with E-state index in [9.17, 15) is 0 Å². The topological polar surface area (TPSA) is 77.3 Å². The molecular weight excluding hydrogens is 304 g/mol. The number of rotatable bonds is 4. The fourth-order valence-corrected chi connectivity index (χ4v) is 2.83. The van der Waals surface area contributed by atoms with Crippen LogP contribution in [-0.4, -0.2) is 10.8 Å². The number of nitrogen functional groups attached to an aromatic ring is 1. The maximum absolute atomic E-state index is 6.10. The van der Waals surface area contributed by atoms with E-state index in [-0.39, 0.29) is 0 Å². The number of hydrogen-bond donors (Lipinski definition) is 2. The fourth-order valence-electron chi connectivity index (χ4n) is 2.20. The van der Waals surface area contributed by atoms with Crippen LogP contribution in [0.5, 0.6) is 0 Å². The molecule has 3 rings (SSSR count). The predicted octanol–water partition coefficient (Wildman–Crippen LogP) is 3.82. The molecule has 114 valence electrons. The lowest BCUT2D eigenvalue weighted by Crippen LogP contribution is -2.10. The van der Waals surface area contributed by atoms with Crippen LogP contribution in [0.2, 0.25) is 0 Å². The molecule has 4 nitrogen and oxygen atoms in total. The second kappa shape index (κ2) is 6.46. The Morgan fingerprint density at radius 2 is 1.91 bits per heavy atom. The van der Waals surface area contributed by atoms with E-state index < -0.39 is 0 Å². The highest BCUT2D eigenvalue weighted by atomic mass is 32.1. The zero-order chi connectivity index (χ0) is 16.2. The second-order valence-electron chi connectivity index (χ2n) is 4.96. The van der Waals surface area contributed by atoms with Crippen molar-refractivity contribution in [2.24, 2.45) is 10.7 Å². The zero-order valence-electron chi connectivity index (χ0n) is 12.4. The molecule has 0 bridgehead atoms. The summed E-state index contributed by atoms with van der Waals surface area (Å²) in [6.45, 7) is 4.14. The maximum Gasteiger partial charge on any atom is 0.141 e. The molecule has 23 heavy (non-hydrogen) atoms. The molecule has 0 aliphatic carbocycles. The molecule has 0 saturated heterocycles. The summed E-state index contributed by atoms with van der Waals surface area (Å²) in [6, 6.07) is 13.3. The number of nitrogens with zero attached hydrogens (tertiary/aromatic N) is 2. The maximum atomic E-state index is 6.10. The van der Waals surface area contributed by atoms with Gasteiger partial charge in [-0.25, -0.2) is 4.99 Å². The highest BCUT2D eigenvalue weighted by molar-refractivity contribution is 7.12. The van der Waals surface area contributed by atoms with Crippen molar-refractivity contribution in [2.75, 3.05) is 5.73 Å². The Hall–Kier alpha value is -2.92. The Balaban J connectivity index is 1.97. The minimum atomic E-state index is 0.491. The molecule has 0 spiro atoms. The van der Waals surface area contributed by atoms with Gasteiger partial charge in [-0.1, -0.05) is 12.6 Å². The molecule has 0 unspecified atom stereocenters. The third kappa shape index (κ3) is 3.30. The van der Waals surface area contributed by atoms with E-state index in [1.54, 1.807) is 23.7 Å². The monoisotopic (exact) mass is 320 g/mol. The number of hydrogen-bond acceptors (Lipinski definition) is 4. The molecule has 0 aliphatic heterocycles. The van der Waals surface area contributed by atoms with Crippen molar-refractivity contribution in [1.82, 2.24) is 4.98 Å². The summed E-state index contributed by atoms with van der Waals surface area (Å²) in [4.78, 5) is 9.44. The summed E-state index contributed by atoms with van der Waals surface area (Å²) in [5.41, 5.74) is 16.2. The minimum absolute atomic E-state index is 0.491. The van der Waals surface area contributed by atoms with E-state index >= 15 is 0 Å². The summed E-state index contributed by atoms with van der Waals surface area (Å²) < 4.78 is 0. The van der Waals surface area contributed by atoms with E-state index in [4.69, 9.17) is 11.5 Å². The lowest BCUT2D eigenvalue weighted by molar-refractivity contribution is 1.31. The predicted molar refractivity (Wildman–Crippen MR) is 97.9 cm³/mol. The van der Waals surface area contributed by atoms with E-state index in [0.717, 1.165) is 27.3 Å². The lowest BCUT2D eigenvalue weighted by atomic mass is 9.98. The molecule has 0 saturated carbocycles. The van der Waals surface area contributed by atoms with Crippen molar-refractivity contribution in [3.63, 3.8) is 0 Å². The molecule has 2 heterocycles. The smallest absolute Gasteiger partial charge is 0.141 e. The highest BCUT2D eigenvalue weighted by Crippen LogP contribution is 2.30. The van der Waals surface area contributed by atoms with Gasteiger partial charge in [0.05, 0.1) is 10.6 Å².